The molecule has 2 aromatic carbocycles. The van der Waals surface area contributed by atoms with Crippen LogP contribution in [-0.2, 0) is 16.4 Å². The third-order valence-corrected chi connectivity index (χ3v) is 7.33. The number of halogens is 1. The molecule has 6 nitrogen and oxygen atoms in total. The van der Waals surface area contributed by atoms with Gasteiger partial charge in [-0.15, -0.1) is 0 Å². The monoisotopic (exact) mass is 414 g/mol. The number of hydrogen-bond acceptors (Lipinski definition) is 4. The van der Waals surface area contributed by atoms with Gasteiger partial charge in [0.25, 0.3) is 0 Å². The maximum absolute atomic E-state index is 13.1. The number of nitrogens with zero attached hydrogens (tertiary/aromatic N) is 3. The van der Waals surface area contributed by atoms with Crippen LogP contribution >= 0.6 is 0 Å². The van der Waals surface area contributed by atoms with Crippen LogP contribution < -0.4 is 0 Å². The summed E-state index contributed by atoms with van der Waals surface area (Å²) in [5.74, 6) is 1.08. The van der Waals surface area contributed by atoms with Crippen LogP contribution in [0.25, 0.3) is 11.4 Å². The van der Waals surface area contributed by atoms with Crippen LogP contribution in [0.3, 0.4) is 0 Å². The molecular weight excluding hydrogens is 391 g/mol. The first-order chi connectivity index (χ1) is 14.0. The van der Waals surface area contributed by atoms with Crippen molar-refractivity contribution in [3.63, 3.8) is 0 Å². The van der Waals surface area contributed by atoms with E-state index in [0.717, 1.165) is 23.4 Å². The van der Waals surface area contributed by atoms with Gasteiger partial charge in [-0.25, -0.2) is 17.8 Å². The number of piperidine rings is 1. The highest BCUT2D eigenvalue weighted by Crippen LogP contribution is 2.30. The summed E-state index contributed by atoms with van der Waals surface area (Å²) in [7, 11) is -3.48. The first kappa shape index (κ1) is 19.7. The molecule has 1 saturated heterocycles. The average molecular weight is 415 g/mol. The quantitative estimate of drug-likeness (QED) is 0.690. The molecule has 1 aliphatic rings. The molecule has 152 valence electrons. The third-order valence-electron chi connectivity index (χ3n) is 5.42. The topological polar surface area (TPSA) is 79.0 Å². The standard InChI is InChI=1S/C21H23FN4O2S/c1-2-15-3-9-19(10-4-15)29(27,28)26-13-11-17(12-14-26)21-23-20(24-25-21)16-5-7-18(22)8-6-16/h3-10,17H,2,11-14H2,1H3,(H,23,24,25). The van der Waals surface area contributed by atoms with Crippen molar-refractivity contribution in [2.45, 2.75) is 37.0 Å². The Balaban J connectivity index is 1.43. The Morgan fingerprint density at radius 2 is 1.72 bits per heavy atom. The maximum atomic E-state index is 13.1. The summed E-state index contributed by atoms with van der Waals surface area (Å²) in [5, 5.41) is 7.20. The first-order valence-electron chi connectivity index (χ1n) is 9.74. The number of rotatable bonds is 5. The van der Waals surface area contributed by atoms with Crippen molar-refractivity contribution in [2.75, 3.05) is 13.1 Å². The Hall–Kier alpha value is -2.58. The van der Waals surface area contributed by atoms with Crippen molar-refractivity contribution < 1.29 is 12.8 Å². The summed E-state index contributed by atoms with van der Waals surface area (Å²) in [6, 6.07) is 13.1. The molecule has 0 spiro atoms. The Morgan fingerprint density at radius 3 is 2.34 bits per heavy atom. The van der Waals surface area contributed by atoms with Gasteiger partial charge < -0.3 is 0 Å². The highest BCUT2D eigenvalue weighted by Gasteiger charge is 2.31. The zero-order valence-corrected chi connectivity index (χ0v) is 17.0. The van der Waals surface area contributed by atoms with Crippen molar-refractivity contribution in [2.24, 2.45) is 0 Å². The summed E-state index contributed by atoms with van der Waals surface area (Å²) in [6.45, 7) is 2.92. The normalized spacial score (nSPS) is 16.2. The van der Waals surface area contributed by atoms with Crippen molar-refractivity contribution >= 4 is 10.0 Å². The lowest BCUT2D eigenvalue weighted by Crippen LogP contribution is -2.38. The Morgan fingerprint density at radius 1 is 1.07 bits per heavy atom. The van der Waals surface area contributed by atoms with Gasteiger partial charge in [-0.1, -0.05) is 19.1 Å². The molecule has 29 heavy (non-hydrogen) atoms. The Bertz CT molecular complexity index is 1070. The highest BCUT2D eigenvalue weighted by atomic mass is 32.2. The van der Waals surface area contributed by atoms with E-state index in [1.54, 1.807) is 28.6 Å². The average Bonchev–Trinajstić information content (AvgIpc) is 3.24. The number of aromatic amines is 1. The summed E-state index contributed by atoms with van der Waals surface area (Å²) in [4.78, 5) is 4.88. The van der Waals surface area contributed by atoms with Crippen molar-refractivity contribution in [1.29, 1.82) is 0 Å². The van der Waals surface area contributed by atoms with E-state index >= 15 is 0 Å². The van der Waals surface area contributed by atoms with Crippen molar-refractivity contribution in [3.05, 3.63) is 65.7 Å². The predicted octanol–water partition coefficient (Wildman–Crippen LogP) is 3.74. The minimum atomic E-state index is -3.48. The van der Waals surface area contributed by atoms with Crippen LogP contribution in [0, 0.1) is 5.82 Å². The molecule has 4 rings (SSSR count). The van der Waals surface area contributed by atoms with E-state index in [4.69, 9.17) is 0 Å². The van der Waals surface area contributed by atoms with Gasteiger partial charge >= 0.3 is 0 Å². The van der Waals surface area contributed by atoms with Crippen molar-refractivity contribution in [3.8, 4) is 11.4 Å². The highest BCUT2D eigenvalue weighted by molar-refractivity contribution is 7.89. The van der Waals surface area contributed by atoms with Crippen LogP contribution in [0.15, 0.2) is 53.4 Å². The number of hydrogen-bond donors (Lipinski definition) is 1. The second-order valence-corrected chi connectivity index (χ2v) is 9.16. The fourth-order valence-corrected chi connectivity index (χ4v) is 5.07. The summed E-state index contributed by atoms with van der Waals surface area (Å²) >= 11 is 0. The summed E-state index contributed by atoms with van der Waals surface area (Å²) in [6.07, 6.45) is 2.22. The zero-order valence-electron chi connectivity index (χ0n) is 16.2. The molecular formula is C21H23FN4O2S. The van der Waals surface area contributed by atoms with Gasteiger partial charge in [0.05, 0.1) is 4.90 Å². The van der Waals surface area contributed by atoms with Gasteiger partial charge in [0, 0.05) is 24.6 Å². The maximum Gasteiger partial charge on any atom is 0.243 e. The van der Waals surface area contributed by atoms with E-state index < -0.39 is 10.0 Å². The second-order valence-electron chi connectivity index (χ2n) is 7.23. The number of aromatic nitrogens is 3. The zero-order chi connectivity index (χ0) is 20.4. The Kier molecular flexibility index (Phi) is 5.47. The molecule has 1 fully saturated rings. The molecule has 1 N–H and O–H groups in total. The molecule has 3 aromatic rings. The number of H-pyrrole nitrogens is 1. The van der Waals surface area contributed by atoms with Crippen LogP contribution in [0.5, 0.6) is 0 Å². The molecule has 0 aliphatic carbocycles. The minimum absolute atomic E-state index is 0.116. The van der Waals surface area contributed by atoms with Crippen LogP contribution in [-0.4, -0.2) is 41.0 Å². The van der Waals surface area contributed by atoms with Gasteiger partial charge in [-0.2, -0.15) is 9.40 Å². The van der Waals surface area contributed by atoms with Gasteiger partial charge in [0.15, 0.2) is 5.82 Å². The SMILES string of the molecule is CCc1ccc(S(=O)(=O)N2CCC(c3nc(-c4ccc(F)cc4)n[nH]3)CC2)cc1. The van der Waals surface area contributed by atoms with E-state index in [1.807, 2.05) is 19.1 Å². The molecule has 0 bridgehead atoms. The predicted molar refractivity (Wildman–Crippen MR) is 108 cm³/mol. The molecule has 1 aromatic heterocycles. The summed E-state index contributed by atoms with van der Waals surface area (Å²) < 4.78 is 40.4. The van der Waals surface area contributed by atoms with Crippen LogP contribution in [0.2, 0.25) is 0 Å². The molecule has 0 saturated carbocycles. The van der Waals surface area contributed by atoms with Crippen LogP contribution in [0.4, 0.5) is 4.39 Å². The van der Waals surface area contributed by atoms with Crippen LogP contribution in [0.1, 0.15) is 37.1 Å². The lowest BCUT2D eigenvalue weighted by atomic mass is 9.97. The smallest absolute Gasteiger partial charge is 0.243 e. The molecule has 8 heteroatoms. The number of nitrogens with one attached hydrogen (secondary N) is 1. The lowest BCUT2D eigenvalue weighted by molar-refractivity contribution is 0.314. The van der Waals surface area contributed by atoms with E-state index in [0.29, 0.717) is 36.7 Å². The lowest BCUT2D eigenvalue weighted by Gasteiger charge is -2.30. The molecule has 0 atom stereocenters. The molecule has 0 unspecified atom stereocenters. The fraction of sp³-hybridized carbons (Fsp3) is 0.333. The number of benzene rings is 2. The molecule has 1 aliphatic heterocycles. The Labute approximate surface area is 169 Å². The molecule has 0 amide bonds. The van der Waals surface area contributed by atoms with Gasteiger partial charge in [0.2, 0.25) is 10.0 Å². The van der Waals surface area contributed by atoms with E-state index in [-0.39, 0.29) is 11.7 Å². The van der Waals surface area contributed by atoms with E-state index in [2.05, 4.69) is 15.2 Å². The fourth-order valence-electron chi connectivity index (χ4n) is 3.60. The number of aryl methyl sites for hydroxylation is 1. The third kappa shape index (κ3) is 4.09. The van der Waals surface area contributed by atoms with Crippen molar-refractivity contribution in [1.82, 2.24) is 19.5 Å². The van der Waals surface area contributed by atoms with Gasteiger partial charge in [-0.3, -0.25) is 5.10 Å². The minimum Gasteiger partial charge on any atom is -0.262 e. The van der Waals surface area contributed by atoms with Gasteiger partial charge in [-0.05, 0) is 61.2 Å². The largest absolute Gasteiger partial charge is 0.262 e. The van der Waals surface area contributed by atoms with E-state index in [1.165, 1.54) is 12.1 Å². The van der Waals surface area contributed by atoms with E-state index in [9.17, 15) is 12.8 Å². The number of sulfonamides is 1. The molecule has 2 heterocycles. The van der Waals surface area contributed by atoms with Gasteiger partial charge in [0.1, 0.15) is 11.6 Å². The first-order valence-corrected chi connectivity index (χ1v) is 11.2. The molecule has 0 radical (unpaired) electrons. The second kappa shape index (κ2) is 8.04. The summed E-state index contributed by atoms with van der Waals surface area (Å²) in [5.41, 5.74) is 1.86.